The number of aromatic nitrogens is 2. The average Bonchev–Trinajstić information content (AvgIpc) is 3.03. The number of urea groups is 1. The fourth-order valence-electron chi connectivity index (χ4n) is 3.99. The van der Waals surface area contributed by atoms with Gasteiger partial charge in [-0.25, -0.2) is 9.59 Å². The van der Waals surface area contributed by atoms with Crippen LogP contribution in [0.15, 0.2) is 39.9 Å². The number of unbranched alkanes of at least 4 members (excludes halogenated alkanes) is 1. The highest BCUT2D eigenvalue weighted by Gasteiger charge is 2.49. The summed E-state index contributed by atoms with van der Waals surface area (Å²) >= 11 is 0. The molecule has 4 N–H and O–H groups in total. The van der Waals surface area contributed by atoms with Gasteiger partial charge in [0, 0.05) is 13.1 Å². The highest BCUT2D eigenvalue weighted by atomic mass is 16.2. The van der Waals surface area contributed by atoms with Crippen LogP contribution in [0.2, 0.25) is 0 Å². The van der Waals surface area contributed by atoms with Crippen molar-refractivity contribution in [3.05, 3.63) is 56.7 Å². The van der Waals surface area contributed by atoms with E-state index >= 15 is 0 Å². The first-order valence-corrected chi connectivity index (χ1v) is 11.3. The van der Waals surface area contributed by atoms with E-state index in [1.165, 1.54) is 4.57 Å². The normalized spacial score (nSPS) is 17.7. The molecule has 3 rings (SSSR count). The molecule has 1 aliphatic heterocycles. The van der Waals surface area contributed by atoms with E-state index in [0.29, 0.717) is 24.8 Å². The van der Waals surface area contributed by atoms with Crippen LogP contribution in [0.4, 0.5) is 16.3 Å². The van der Waals surface area contributed by atoms with Gasteiger partial charge in [0.05, 0.1) is 0 Å². The molecular weight excluding hydrogens is 440 g/mol. The monoisotopic (exact) mass is 470 g/mol. The highest BCUT2D eigenvalue weighted by Crippen LogP contribution is 2.29. The number of benzene rings is 1. The van der Waals surface area contributed by atoms with Gasteiger partial charge in [0.1, 0.15) is 17.9 Å². The number of imide groups is 1. The van der Waals surface area contributed by atoms with Crippen molar-refractivity contribution >= 4 is 29.4 Å². The number of hydrogen-bond acceptors (Lipinski definition) is 6. The summed E-state index contributed by atoms with van der Waals surface area (Å²) in [6.45, 7) is 5.14. The molecule has 182 valence electrons. The summed E-state index contributed by atoms with van der Waals surface area (Å²) in [6.07, 6.45) is 1.84. The van der Waals surface area contributed by atoms with Crippen LogP contribution in [0.3, 0.4) is 0 Å². The molecule has 1 atom stereocenters. The summed E-state index contributed by atoms with van der Waals surface area (Å²) < 4.78 is 1.20. The first-order valence-electron chi connectivity index (χ1n) is 11.3. The quantitative estimate of drug-likeness (QED) is 0.468. The summed E-state index contributed by atoms with van der Waals surface area (Å²) in [4.78, 5) is 68.3. The summed E-state index contributed by atoms with van der Waals surface area (Å²) in [7, 11) is 0. The number of nitrogens with zero attached hydrogens (tertiary/aromatic N) is 3. The number of amides is 4. The van der Waals surface area contributed by atoms with E-state index < -0.39 is 41.2 Å². The van der Waals surface area contributed by atoms with Crippen LogP contribution >= 0.6 is 0 Å². The molecule has 0 aliphatic carbocycles. The van der Waals surface area contributed by atoms with Crippen LogP contribution in [-0.2, 0) is 21.7 Å². The predicted octanol–water partition coefficient (Wildman–Crippen LogP) is 1.13. The van der Waals surface area contributed by atoms with Gasteiger partial charge in [-0.05, 0) is 25.3 Å². The molecule has 1 aromatic heterocycles. The van der Waals surface area contributed by atoms with Crippen molar-refractivity contribution in [1.82, 2.24) is 19.8 Å². The lowest BCUT2D eigenvalue weighted by Gasteiger charge is -2.26. The van der Waals surface area contributed by atoms with Gasteiger partial charge in [0.2, 0.25) is 5.91 Å². The smallest absolute Gasteiger partial charge is 0.330 e. The van der Waals surface area contributed by atoms with Gasteiger partial charge in [-0.15, -0.1) is 0 Å². The van der Waals surface area contributed by atoms with Gasteiger partial charge >= 0.3 is 11.7 Å². The maximum atomic E-state index is 13.4. The van der Waals surface area contributed by atoms with Crippen molar-refractivity contribution in [3.63, 3.8) is 0 Å². The van der Waals surface area contributed by atoms with Gasteiger partial charge < -0.3 is 16.0 Å². The van der Waals surface area contributed by atoms with Crippen LogP contribution in [0, 0.1) is 0 Å². The Morgan fingerprint density at radius 2 is 1.76 bits per heavy atom. The molecule has 4 amide bonds. The maximum absolute atomic E-state index is 13.4. The maximum Gasteiger partial charge on any atom is 0.330 e. The first kappa shape index (κ1) is 24.7. The molecule has 2 aromatic rings. The van der Waals surface area contributed by atoms with E-state index in [9.17, 15) is 24.0 Å². The highest BCUT2D eigenvalue weighted by molar-refractivity contribution is 6.10. The summed E-state index contributed by atoms with van der Waals surface area (Å²) in [5.41, 5.74) is 3.79. The third-order valence-electron chi connectivity index (χ3n) is 5.89. The third kappa shape index (κ3) is 4.45. The lowest BCUT2D eigenvalue weighted by molar-refractivity contribution is -0.134. The molecule has 11 heteroatoms. The number of nitrogens with two attached hydrogens (primary N) is 1. The number of H-pyrrole nitrogens is 1. The van der Waals surface area contributed by atoms with Gasteiger partial charge in [0.25, 0.3) is 11.5 Å². The van der Waals surface area contributed by atoms with Crippen LogP contribution in [-0.4, -0.2) is 45.4 Å². The topological polar surface area (TPSA) is 151 Å². The zero-order valence-corrected chi connectivity index (χ0v) is 19.6. The number of nitrogen functional groups attached to an aromatic ring is 1. The van der Waals surface area contributed by atoms with Crippen LogP contribution in [0.25, 0.3) is 0 Å². The summed E-state index contributed by atoms with van der Waals surface area (Å²) in [5.74, 6) is -1.37. The Balaban J connectivity index is 1.96. The second-order valence-electron chi connectivity index (χ2n) is 8.36. The molecule has 0 radical (unpaired) electrons. The van der Waals surface area contributed by atoms with E-state index in [1.807, 2.05) is 13.8 Å². The second-order valence-corrected chi connectivity index (χ2v) is 8.36. The van der Waals surface area contributed by atoms with Crippen molar-refractivity contribution in [2.24, 2.45) is 0 Å². The van der Waals surface area contributed by atoms with E-state index in [4.69, 9.17) is 5.73 Å². The molecule has 11 nitrogen and oxygen atoms in total. The Hall–Kier alpha value is -3.89. The Morgan fingerprint density at radius 3 is 2.38 bits per heavy atom. The Kier molecular flexibility index (Phi) is 7.23. The van der Waals surface area contributed by atoms with E-state index in [2.05, 4.69) is 10.3 Å². The minimum absolute atomic E-state index is 0.131. The fourth-order valence-corrected chi connectivity index (χ4v) is 3.99. The van der Waals surface area contributed by atoms with Crippen molar-refractivity contribution in [2.75, 3.05) is 23.7 Å². The van der Waals surface area contributed by atoms with Crippen LogP contribution in [0.1, 0.15) is 45.6 Å². The van der Waals surface area contributed by atoms with E-state index in [1.54, 1.807) is 37.3 Å². The molecule has 2 heterocycles. The number of carbonyl (C=O) groups is 3. The van der Waals surface area contributed by atoms with Crippen LogP contribution < -0.4 is 27.2 Å². The minimum Gasteiger partial charge on any atom is -0.383 e. The number of nitrogens with one attached hydrogen (secondary N) is 2. The molecular formula is C23H30N6O5. The average molecular weight is 471 g/mol. The number of anilines is 2. The lowest BCUT2D eigenvalue weighted by Crippen LogP contribution is -2.47. The Bertz CT molecular complexity index is 1200. The molecule has 0 bridgehead atoms. The zero-order chi connectivity index (χ0) is 25.0. The largest absolute Gasteiger partial charge is 0.383 e. The number of hydrogen-bond donors (Lipinski definition) is 3. The summed E-state index contributed by atoms with van der Waals surface area (Å²) in [6, 6.07) is 8.02. The zero-order valence-electron chi connectivity index (χ0n) is 19.6. The minimum atomic E-state index is -1.32. The SMILES string of the molecule is CCCCN(C(=O)CN1C(=O)N[C@](C)(c2ccccc2)C1=O)c1c(N)n(CCC)c(=O)[nH]c1=O. The molecule has 1 fully saturated rings. The van der Waals surface area contributed by atoms with E-state index in [-0.39, 0.29) is 24.6 Å². The number of carbonyl (C=O) groups excluding carboxylic acids is 3. The molecule has 1 aliphatic rings. The molecule has 0 spiro atoms. The van der Waals surface area contributed by atoms with Crippen molar-refractivity contribution < 1.29 is 14.4 Å². The van der Waals surface area contributed by atoms with Crippen molar-refractivity contribution in [2.45, 2.75) is 52.1 Å². The second kappa shape index (κ2) is 9.94. The number of aromatic amines is 1. The van der Waals surface area contributed by atoms with Crippen molar-refractivity contribution in [1.29, 1.82) is 0 Å². The van der Waals surface area contributed by atoms with Gasteiger partial charge in [-0.2, -0.15) is 0 Å². The van der Waals surface area contributed by atoms with Crippen LogP contribution in [0.5, 0.6) is 0 Å². The van der Waals surface area contributed by atoms with Gasteiger partial charge in [-0.1, -0.05) is 50.6 Å². The number of rotatable bonds is 9. The molecule has 1 aromatic carbocycles. The van der Waals surface area contributed by atoms with Gasteiger partial charge in [-0.3, -0.25) is 28.8 Å². The van der Waals surface area contributed by atoms with Crippen molar-refractivity contribution in [3.8, 4) is 0 Å². The molecule has 0 saturated carbocycles. The molecule has 34 heavy (non-hydrogen) atoms. The van der Waals surface area contributed by atoms with E-state index in [0.717, 1.165) is 9.80 Å². The Labute approximate surface area is 196 Å². The standard InChI is InChI=1S/C23H30N6O5/c1-4-6-13-27(17-18(24)28(12-5-2)21(33)25-19(17)31)16(30)14-29-20(32)23(3,26-22(29)34)15-10-8-7-9-11-15/h7-11H,4-6,12-14,24H2,1-3H3,(H,26,34)(H,25,31,33)/t23-/m1/s1. The fraction of sp³-hybridized carbons (Fsp3) is 0.435. The lowest BCUT2D eigenvalue weighted by atomic mass is 9.92. The molecule has 0 unspecified atom stereocenters. The van der Waals surface area contributed by atoms with Gasteiger partial charge in [0.15, 0.2) is 5.69 Å². The first-order chi connectivity index (χ1) is 16.2. The third-order valence-corrected chi connectivity index (χ3v) is 5.89. The Morgan fingerprint density at radius 1 is 1.09 bits per heavy atom. The summed E-state index contributed by atoms with van der Waals surface area (Å²) in [5, 5.41) is 2.66. The molecule has 1 saturated heterocycles. The predicted molar refractivity (Wildman–Crippen MR) is 127 cm³/mol.